The van der Waals surface area contributed by atoms with Gasteiger partial charge < -0.3 is 0 Å². The molecule has 4 unspecified atom stereocenters. The second-order valence-corrected chi connectivity index (χ2v) is 10.1. The molecule has 0 aromatic rings. The van der Waals surface area contributed by atoms with E-state index in [0.29, 0.717) is 34.2 Å². The number of piperidine rings is 1. The van der Waals surface area contributed by atoms with Crippen molar-refractivity contribution >= 4 is 5.78 Å². The molecule has 2 saturated heterocycles. The van der Waals surface area contributed by atoms with E-state index in [4.69, 9.17) is 0 Å². The lowest BCUT2D eigenvalue weighted by molar-refractivity contribution is -0.179. The predicted octanol–water partition coefficient (Wildman–Crippen LogP) is 3.93. The Hall–Kier alpha value is -0.370. The van der Waals surface area contributed by atoms with Gasteiger partial charge in [-0.3, -0.25) is 9.69 Å². The molecule has 4 aliphatic carbocycles. The minimum atomic E-state index is 0.468. The molecular formula is C19H29NO. The molecule has 6 fully saturated rings. The smallest absolute Gasteiger partial charge is 0.136 e. The van der Waals surface area contributed by atoms with E-state index < -0.39 is 0 Å². The van der Waals surface area contributed by atoms with Crippen molar-refractivity contribution < 1.29 is 4.79 Å². The van der Waals surface area contributed by atoms with Gasteiger partial charge in [0.15, 0.2) is 0 Å². The van der Waals surface area contributed by atoms with Gasteiger partial charge >= 0.3 is 0 Å². The van der Waals surface area contributed by atoms with Gasteiger partial charge in [0.2, 0.25) is 0 Å². The van der Waals surface area contributed by atoms with E-state index in [1.165, 1.54) is 51.4 Å². The Morgan fingerprint density at radius 1 is 0.905 bits per heavy atom. The van der Waals surface area contributed by atoms with Crippen LogP contribution in [0.2, 0.25) is 0 Å². The molecule has 2 nitrogen and oxygen atoms in total. The molecule has 6 rings (SSSR count). The minimum Gasteiger partial charge on any atom is -0.300 e. The Morgan fingerprint density at radius 3 is 2.00 bits per heavy atom. The fourth-order valence-corrected chi connectivity index (χ4v) is 8.42. The molecule has 2 aliphatic heterocycles. The number of carbonyl (C=O) groups excluding carboxylic acids is 1. The number of nitrogens with zero attached hydrogens (tertiary/aromatic N) is 1. The van der Waals surface area contributed by atoms with Gasteiger partial charge in [-0.1, -0.05) is 13.8 Å². The second-order valence-electron chi connectivity index (χ2n) is 10.1. The van der Waals surface area contributed by atoms with Crippen molar-refractivity contribution in [1.82, 2.24) is 4.90 Å². The highest BCUT2D eigenvalue weighted by Gasteiger charge is 2.64. The Labute approximate surface area is 128 Å². The van der Waals surface area contributed by atoms with Gasteiger partial charge in [-0.2, -0.15) is 0 Å². The van der Waals surface area contributed by atoms with E-state index in [2.05, 4.69) is 18.7 Å². The average Bonchev–Trinajstić information content (AvgIpc) is 2.58. The van der Waals surface area contributed by atoms with Gasteiger partial charge in [0, 0.05) is 30.5 Å². The van der Waals surface area contributed by atoms with Crippen molar-refractivity contribution in [2.45, 2.75) is 95.7 Å². The summed E-state index contributed by atoms with van der Waals surface area (Å²) in [4.78, 5) is 14.9. The van der Waals surface area contributed by atoms with E-state index >= 15 is 0 Å². The lowest BCUT2D eigenvalue weighted by Gasteiger charge is -2.69. The molecule has 0 spiro atoms. The molecule has 0 aromatic heterocycles. The molecule has 0 radical (unpaired) electrons. The molecule has 4 saturated carbocycles. The normalized spacial score (nSPS) is 59.0. The Morgan fingerprint density at radius 2 is 1.48 bits per heavy atom. The summed E-state index contributed by atoms with van der Waals surface area (Å²) in [6.07, 6.45) is 13.0. The van der Waals surface area contributed by atoms with Gasteiger partial charge in [-0.15, -0.1) is 0 Å². The monoisotopic (exact) mass is 287 g/mol. The summed E-state index contributed by atoms with van der Waals surface area (Å²) in [6.45, 7) is 5.14. The van der Waals surface area contributed by atoms with Crippen molar-refractivity contribution in [3.63, 3.8) is 0 Å². The molecule has 6 aliphatic rings. The first kappa shape index (κ1) is 13.1. The highest BCUT2D eigenvalue weighted by atomic mass is 16.1. The Bertz CT molecular complexity index is 478. The first-order valence-corrected chi connectivity index (χ1v) is 9.19. The zero-order valence-electron chi connectivity index (χ0n) is 13.7. The number of rotatable bonds is 1. The summed E-state index contributed by atoms with van der Waals surface area (Å²) in [5.41, 5.74) is 1.65. The van der Waals surface area contributed by atoms with Crippen LogP contribution < -0.4 is 0 Å². The summed E-state index contributed by atoms with van der Waals surface area (Å²) in [6, 6.07) is 1.19. The van der Waals surface area contributed by atoms with Crippen molar-refractivity contribution in [2.75, 3.05) is 0 Å². The predicted molar refractivity (Wildman–Crippen MR) is 83.0 cm³/mol. The summed E-state index contributed by atoms with van der Waals surface area (Å²) in [5, 5.41) is 0. The Kier molecular flexibility index (Phi) is 2.34. The van der Waals surface area contributed by atoms with Crippen molar-refractivity contribution in [3.8, 4) is 0 Å². The lowest BCUT2D eigenvalue weighted by Crippen LogP contribution is -2.68. The van der Waals surface area contributed by atoms with Gasteiger partial charge in [0.1, 0.15) is 5.78 Å². The third-order valence-electron chi connectivity index (χ3n) is 7.69. The number of ketones is 1. The van der Waals surface area contributed by atoms with Crippen LogP contribution in [-0.4, -0.2) is 28.3 Å². The standard InChI is InChI=1S/C19H29NO/c1-17-7-13-8-18(2,10-17)12-19(9-13,11-17)20-14-3-4-15(20)6-16(21)5-14/h13-15H,3-12H2,1-2H3. The molecule has 21 heavy (non-hydrogen) atoms. The van der Waals surface area contributed by atoms with E-state index in [1.54, 1.807) is 0 Å². The van der Waals surface area contributed by atoms with Crippen molar-refractivity contribution in [1.29, 1.82) is 0 Å². The lowest BCUT2D eigenvalue weighted by atomic mass is 9.42. The molecule has 6 bridgehead atoms. The fraction of sp³-hybridized carbons (Fsp3) is 0.947. The maximum atomic E-state index is 12.0. The SMILES string of the molecule is CC12CC3CC(C)(C1)CC(N1C4CCC1CC(=O)C4)(C3)C2. The van der Waals surface area contributed by atoms with Crippen LogP contribution in [0.25, 0.3) is 0 Å². The Balaban J connectivity index is 1.55. The van der Waals surface area contributed by atoms with Gasteiger partial charge in [-0.25, -0.2) is 0 Å². The maximum absolute atomic E-state index is 12.0. The van der Waals surface area contributed by atoms with Crippen LogP contribution in [0.15, 0.2) is 0 Å². The molecular weight excluding hydrogens is 258 g/mol. The first-order chi connectivity index (χ1) is 9.89. The summed E-state index contributed by atoms with van der Waals surface area (Å²) in [7, 11) is 0. The number of Topliss-reactive ketones (excluding diaryl/α,β-unsaturated/α-hetero) is 1. The quantitative estimate of drug-likeness (QED) is 0.728. The third kappa shape index (κ3) is 1.72. The minimum absolute atomic E-state index is 0.468. The topological polar surface area (TPSA) is 20.3 Å². The molecule has 2 heterocycles. The van der Waals surface area contributed by atoms with Gasteiger partial charge in [0.25, 0.3) is 0 Å². The van der Waals surface area contributed by atoms with Crippen LogP contribution in [0.3, 0.4) is 0 Å². The largest absolute Gasteiger partial charge is 0.300 e. The molecule has 2 heteroatoms. The van der Waals surface area contributed by atoms with Crippen molar-refractivity contribution in [3.05, 3.63) is 0 Å². The van der Waals surface area contributed by atoms with Crippen LogP contribution in [0.1, 0.15) is 78.1 Å². The molecule has 0 aromatic carbocycles. The second kappa shape index (κ2) is 3.75. The zero-order valence-corrected chi connectivity index (χ0v) is 13.7. The van der Waals surface area contributed by atoms with E-state index in [-0.39, 0.29) is 0 Å². The van der Waals surface area contributed by atoms with Crippen molar-refractivity contribution in [2.24, 2.45) is 16.7 Å². The number of carbonyl (C=O) groups is 1. The average molecular weight is 287 g/mol. The van der Waals surface area contributed by atoms with E-state index in [0.717, 1.165) is 18.8 Å². The molecule has 0 N–H and O–H groups in total. The molecule has 116 valence electrons. The highest BCUT2D eigenvalue weighted by molar-refractivity contribution is 5.81. The third-order valence-corrected chi connectivity index (χ3v) is 7.69. The van der Waals surface area contributed by atoms with Gasteiger partial charge in [0.05, 0.1) is 0 Å². The number of hydrogen-bond donors (Lipinski definition) is 0. The number of hydrogen-bond acceptors (Lipinski definition) is 2. The maximum Gasteiger partial charge on any atom is 0.136 e. The van der Waals surface area contributed by atoms with Crippen LogP contribution in [0.5, 0.6) is 0 Å². The van der Waals surface area contributed by atoms with Crippen LogP contribution >= 0.6 is 0 Å². The summed E-state index contributed by atoms with van der Waals surface area (Å²) in [5.74, 6) is 1.51. The highest BCUT2D eigenvalue weighted by Crippen LogP contribution is 2.69. The van der Waals surface area contributed by atoms with E-state index in [9.17, 15) is 4.79 Å². The van der Waals surface area contributed by atoms with Crippen LogP contribution in [0.4, 0.5) is 0 Å². The molecule has 4 atom stereocenters. The first-order valence-electron chi connectivity index (χ1n) is 9.19. The molecule has 0 amide bonds. The van der Waals surface area contributed by atoms with Gasteiger partial charge in [-0.05, 0) is 68.1 Å². The van der Waals surface area contributed by atoms with Crippen LogP contribution in [0, 0.1) is 16.7 Å². The fourth-order valence-electron chi connectivity index (χ4n) is 8.42. The van der Waals surface area contributed by atoms with E-state index in [1.807, 2.05) is 0 Å². The van der Waals surface area contributed by atoms with Crippen LogP contribution in [-0.2, 0) is 4.79 Å². The zero-order chi connectivity index (χ0) is 14.5. The summed E-state index contributed by atoms with van der Waals surface area (Å²) >= 11 is 0. The summed E-state index contributed by atoms with van der Waals surface area (Å²) < 4.78 is 0. The number of fused-ring (bicyclic) bond motifs is 2.